The number of allylic oxidation sites excluding steroid dienone is 1. The van der Waals surface area contributed by atoms with Gasteiger partial charge in [0, 0.05) is 6.61 Å². The standard InChI is InChI=1S/C11H26O2Si2/c1-14(2,3)13-10-8-6-7-9-11-15(4,5)12/h9,11-12H,6-8,10H2,1-5H3. The molecule has 0 aliphatic carbocycles. The Balaban J connectivity index is 3.37. The second kappa shape index (κ2) is 6.63. The Labute approximate surface area is 96.6 Å². The molecule has 0 heterocycles. The van der Waals surface area contributed by atoms with E-state index in [4.69, 9.17) is 4.43 Å². The van der Waals surface area contributed by atoms with Gasteiger partial charge in [0.05, 0.1) is 0 Å². The maximum atomic E-state index is 9.56. The molecule has 1 N–H and O–H groups in total. The molecule has 0 aromatic heterocycles. The third kappa shape index (κ3) is 14.1. The van der Waals surface area contributed by atoms with Crippen LogP contribution in [0.3, 0.4) is 0 Å². The van der Waals surface area contributed by atoms with Crippen molar-refractivity contribution in [3.8, 4) is 0 Å². The predicted molar refractivity (Wildman–Crippen MR) is 72.0 cm³/mol. The molecule has 0 spiro atoms. The predicted octanol–water partition coefficient (Wildman–Crippen LogP) is 3.30. The molecule has 90 valence electrons. The van der Waals surface area contributed by atoms with Crippen molar-refractivity contribution in [3.63, 3.8) is 0 Å². The summed E-state index contributed by atoms with van der Waals surface area (Å²) >= 11 is 0. The molecule has 0 fully saturated rings. The van der Waals surface area contributed by atoms with E-state index in [1.54, 1.807) is 0 Å². The first-order chi connectivity index (χ1) is 6.71. The fourth-order valence-corrected chi connectivity index (χ4v) is 2.61. The second-order valence-corrected chi connectivity index (χ2v) is 13.7. The molecule has 0 amide bonds. The first-order valence-electron chi connectivity index (χ1n) is 5.75. The van der Waals surface area contributed by atoms with Gasteiger partial charge in [-0.1, -0.05) is 11.8 Å². The Bertz CT molecular complexity index is 190. The molecule has 0 unspecified atom stereocenters. The Morgan fingerprint density at radius 1 is 1.07 bits per heavy atom. The summed E-state index contributed by atoms with van der Waals surface area (Å²) in [6, 6.07) is 0. The van der Waals surface area contributed by atoms with Gasteiger partial charge in [-0.3, -0.25) is 0 Å². The van der Waals surface area contributed by atoms with E-state index in [1.807, 2.05) is 18.8 Å². The first kappa shape index (κ1) is 15.1. The minimum absolute atomic E-state index is 0.892. The Morgan fingerprint density at radius 3 is 2.13 bits per heavy atom. The minimum atomic E-state index is -1.96. The zero-order valence-corrected chi connectivity index (χ0v) is 12.8. The molecule has 0 atom stereocenters. The summed E-state index contributed by atoms with van der Waals surface area (Å²) in [6.45, 7) is 11.4. The van der Waals surface area contributed by atoms with E-state index in [0.29, 0.717) is 0 Å². The van der Waals surface area contributed by atoms with Crippen molar-refractivity contribution in [2.24, 2.45) is 0 Å². The van der Waals surface area contributed by atoms with Crippen molar-refractivity contribution >= 4 is 16.6 Å². The van der Waals surface area contributed by atoms with Crippen LogP contribution in [0, 0.1) is 0 Å². The van der Waals surface area contributed by atoms with E-state index in [-0.39, 0.29) is 0 Å². The summed E-state index contributed by atoms with van der Waals surface area (Å²) in [4.78, 5) is 9.56. The molecule has 0 aromatic rings. The van der Waals surface area contributed by atoms with Crippen molar-refractivity contribution in [2.45, 2.75) is 52.0 Å². The average Bonchev–Trinajstić information content (AvgIpc) is 1.98. The van der Waals surface area contributed by atoms with Gasteiger partial charge in [-0.05, 0) is 52.0 Å². The van der Waals surface area contributed by atoms with E-state index < -0.39 is 16.6 Å². The summed E-state index contributed by atoms with van der Waals surface area (Å²) in [6.07, 6.45) is 5.46. The van der Waals surface area contributed by atoms with Gasteiger partial charge in [0.15, 0.2) is 8.32 Å². The van der Waals surface area contributed by atoms with Crippen LogP contribution >= 0.6 is 0 Å². The molecule has 2 nitrogen and oxygen atoms in total. The smallest absolute Gasteiger partial charge is 0.206 e. The summed E-state index contributed by atoms with van der Waals surface area (Å²) in [5.41, 5.74) is 1.99. The number of hydrogen-bond acceptors (Lipinski definition) is 2. The van der Waals surface area contributed by atoms with Crippen LogP contribution in [0.1, 0.15) is 19.3 Å². The second-order valence-electron chi connectivity index (χ2n) is 5.51. The Kier molecular flexibility index (Phi) is 6.67. The molecule has 15 heavy (non-hydrogen) atoms. The zero-order valence-electron chi connectivity index (χ0n) is 10.8. The number of rotatable bonds is 7. The lowest BCUT2D eigenvalue weighted by Gasteiger charge is -2.16. The normalized spacial score (nSPS) is 13.7. The minimum Gasteiger partial charge on any atom is -0.428 e. The van der Waals surface area contributed by atoms with Gasteiger partial charge in [-0.25, -0.2) is 0 Å². The molecule has 0 radical (unpaired) electrons. The molecule has 0 saturated carbocycles. The summed E-state index contributed by atoms with van der Waals surface area (Å²) in [5.74, 6) is 0. The maximum Gasteiger partial charge on any atom is 0.206 e. The fourth-order valence-electron chi connectivity index (χ4n) is 1.11. The van der Waals surface area contributed by atoms with Gasteiger partial charge < -0.3 is 9.22 Å². The summed E-state index contributed by atoms with van der Waals surface area (Å²) in [5, 5.41) is 0. The van der Waals surface area contributed by atoms with Crippen LogP contribution in [0.4, 0.5) is 0 Å². The van der Waals surface area contributed by atoms with E-state index >= 15 is 0 Å². The van der Waals surface area contributed by atoms with Crippen molar-refractivity contribution in [2.75, 3.05) is 6.61 Å². The molecule has 4 heteroatoms. The van der Waals surface area contributed by atoms with Crippen LogP contribution in [0.15, 0.2) is 11.8 Å². The Hall–Kier alpha value is 0.0938. The van der Waals surface area contributed by atoms with Crippen molar-refractivity contribution in [1.82, 2.24) is 0 Å². The number of hydrogen-bond donors (Lipinski definition) is 1. The van der Waals surface area contributed by atoms with Gasteiger partial charge in [-0.15, -0.1) is 0 Å². The van der Waals surface area contributed by atoms with Gasteiger partial charge >= 0.3 is 0 Å². The monoisotopic (exact) mass is 246 g/mol. The van der Waals surface area contributed by atoms with Gasteiger partial charge in [-0.2, -0.15) is 0 Å². The van der Waals surface area contributed by atoms with Crippen LogP contribution in [0.2, 0.25) is 32.7 Å². The van der Waals surface area contributed by atoms with E-state index in [1.165, 1.54) is 0 Å². The van der Waals surface area contributed by atoms with Crippen LogP contribution < -0.4 is 0 Å². The van der Waals surface area contributed by atoms with Crippen LogP contribution in [0.25, 0.3) is 0 Å². The van der Waals surface area contributed by atoms with Crippen LogP contribution in [-0.4, -0.2) is 28.0 Å². The quantitative estimate of drug-likeness (QED) is 0.552. The van der Waals surface area contributed by atoms with Crippen LogP contribution in [0.5, 0.6) is 0 Å². The lowest BCUT2D eigenvalue weighted by molar-refractivity contribution is 0.301. The van der Waals surface area contributed by atoms with Gasteiger partial charge in [0.2, 0.25) is 8.32 Å². The average molecular weight is 246 g/mol. The first-order valence-corrected chi connectivity index (χ1v) is 12.2. The van der Waals surface area contributed by atoms with Crippen molar-refractivity contribution < 1.29 is 9.22 Å². The molecule has 0 aromatic carbocycles. The molecule has 0 rings (SSSR count). The topological polar surface area (TPSA) is 29.5 Å². The molecular weight excluding hydrogens is 220 g/mol. The molecule has 0 saturated heterocycles. The van der Waals surface area contributed by atoms with Crippen LogP contribution in [-0.2, 0) is 4.43 Å². The summed E-state index contributed by atoms with van der Waals surface area (Å²) < 4.78 is 5.75. The van der Waals surface area contributed by atoms with Crippen molar-refractivity contribution in [1.29, 1.82) is 0 Å². The van der Waals surface area contributed by atoms with Gasteiger partial charge in [0.25, 0.3) is 0 Å². The number of unbranched alkanes of at least 4 members (excludes halogenated alkanes) is 2. The van der Waals surface area contributed by atoms with E-state index in [0.717, 1.165) is 25.9 Å². The molecular formula is C11H26O2Si2. The lowest BCUT2D eigenvalue weighted by atomic mass is 10.2. The lowest BCUT2D eigenvalue weighted by Crippen LogP contribution is -2.25. The highest BCUT2D eigenvalue weighted by Crippen LogP contribution is 2.06. The third-order valence-corrected chi connectivity index (χ3v) is 3.95. The largest absolute Gasteiger partial charge is 0.428 e. The maximum absolute atomic E-state index is 9.56. The zero-order chi connectivity index (χ0) is 11.9. The third-order valence-electron chi connectivity index (χ3n) is 1.83. The van der Waals surface area contributed by atoms with E-state index in [2.05, 4.69) is 25.7 Å². The highest BCUT2D eigenvalue weighted by molar-refractivity contribution is 6.74. The SMILES string of the molecule is C[Si](C)(O)C=CCCCCO[Si](C)(C)C. The Morgan fingerprint density at radius 2 is 1.67 bits per heavy atom. The molecule has 0 bridgehead atoms. The van der Waals surface area contributed by atoms with E-state index in [9.17, 15) is 4.80 Å². The molecule has 0 aliphatic rings. The fraction of sp³-hybridized carbons (Fsp3) is 0.818. The highest BCUT2D eigenvalue weighted by atomic mass is 28.4. The molecule has 0 aliphatic heterocycles. The summed E-state index contributed by atoms with van der Waals surface area (Å²) in [7, 11) is -3.27. The van der Waals surface area contributed by atoms with Crippen molar-refractivity contribution in [3.05, 3.63) is 11.8 Å². The van der Waals surface area contributed by atoms with Gasteiger partial charge in [0.1, 0.15) is 0 Å². The highest BCUT2D eigenvalue weighted by Gasteiger charge is 2.13.